The van der Waals surface area contributed by atoms with E-state index in [9.17, 15) is 17.2 Å². The molecule has 0 bridgehead atoms. The van der Waals surface area contributed by atoms with E-state index in [2.05, 4.69) is 10.2 Å². The molecule has 1 aromatic carbocycles. The number of nitrogens with zero attached hydrogens (tertiary/aromatic N) is 4. The van der Waals surface area contributed by atoms with Gasteiger partial charge in [0.1, 0.15) is 22.2 Å². The Kier molecular flexibility index (Phi) is 5.09. The van der Waals surface area contributed by atoms with Crippen molar-refractivity contribution in [2.45, 2.75) is 4.90 Å². The summed E-state index contributed by atoms with van der Waals surface area (Å²) < 4.78 is 53.8. The Balaban J connectivity index is 1.46. The van der Waals surface area contributed by atoms with Crippen LogP contribution in [0, 0.1) is 11.6 Å². The highest BCUT2D eigenvalue weighted by Crippen LogP contribution is 2.25. The molecule has 0 aliphatic carbocycles. The maximum atomic E-state index is 13.9. The van der Waals surface area contributed by atoms with E-state index in [1.165, 1.54) is 0 Å². The van der Waals surface area contributed by atoms with Gasteiger partial charge in [0.15, 0.2) is 5.82 Å². The maximum absolute atomic E-state index is 13.9. The minimum Gasteiger partial charge on any atom is -0.352 e. The van der Waals surface area contributed by atoms with Crippen molar-refractivity contribution in [3.8, 4) is 10.6 Å². The molecule has 3 aromatic rings. The number of rotatable bonds is 4. The summed E-state index contributed by atoms with van der Waals surface area (Å²) in [5, 5.41) is 10.4. The molecule has 1 aliphatic rings. The molecule has 6 nitrogen and oxygen atoms in total. The van der Waals surface area contributed by atoms with Crippen LogP contribution in [0.3, 0.4) is 0 Å². The monoisotopic (exact) mass is 422 g/mol. The summed E-state index contributed by atoms with van der Waals surface area (Å²) in [6.07, 6.45) is 0. The van der Waals surface area contributed by atoms with Crippen LogP contribution in [0.25, 0.3) is 10.6 Å². The molecule has 1 saturated heterocycles. The molecule has 1 fully saturated rings. The van der Waals surface area contributed by atoms with Gasteiger partial charge in [-0.3, -0.25) is 0 Å². The number of benzene rings is 1. The van der Waals surface area contributed by atoms with Gasteiger partial charge in [-0.1, -0.05) is 6.07 Å². The Hall–Kier alpha value is -2.43. The summed E-state index contributed by atoms with van der Waals surface area (Å²) in [7, 11) is -4.10. The average Bonchev–Trinajstić information content (AvgIpc) is 3.25. The summed E-state index contributed by atoms with van der Waals surface area (Å²) in [6, 6.07) is 10.1. The number of halogens is 2. The molecule has 0 unspecified atom stereocenters. The predicted octanol–water partition coefficient (Wildman–Crippen LogP) is 2.99. The first-order chi connectivity index (χ1) is 13.4. The van der Waals surface area contributed by atoms with Crippen molar-refractivity contribution in [1.29, 1.82) is 0 Å². The van der Waals surface area contributed by atoms with Gasteiger partial charge >= 0.3 is 0 Å². The molecule has 1 aliphatic heterocycles. The second-order valence-corrected chi connectivity index (χ2v) is 9.07. The van der Waals surface area contributed by atoms with Crippen LogP contribution in [0.1, 0.15) is 0 Å². The van der Waals surface area contributed by atoms with Crippen molar-refractivity contribution in [3.05, 3.63) is 59.5 Å². The van der Waals surface area contributed by atoms with Gasteiger partial charge in [-0.2, -0.15) is 4.31 Å². The smallest absolute Gasteiger partial charge is 0.246 e. The highest BCUT2D eigenvalue weighted by atomic mass is 32.2. The minimum absolute atomic E-state index is 0.145. The quantitative estimate of drug-likeness (QED) is 0.647. The number of piperazine rings is 1. The summed E-state index contributed by atoms with van der Waals surface area (Å²) in [5.74, 6) is -1.10. The Morgan fingerprint density at radius 3 is 2.39 bits per heavy atom. The van der Waals surface area contributed by atoms with Crippen molar-refractivity contribution in [1.82, 2.24) is 14.5 Å². The second-order valence-electron chi connectivity index (χ2n) is 6.22. The first-order valence-electron chi connectivity index (χ1n) is 8.53. The van der Waals surface area contributed by atoms with Crippen LogP contribution in [-0.4, -0.2) is 49.1 Å². The number of hydrogen-bond acceptors (Lipinski definition) is 6. The Labute approximate surface area is 165 Å². The van der Waals surface area contributed by atoms with Crippen LogP contribution in [0.2, 0.25) is 0 Å². The molecule has 0 saturated carbocycles. The summed E-state index contributed by atoms with van der Waals surface area (Å²) in [6.45, 7) is 1.05. The Morgan fingerprint density at radius 1 is 0.964 bits per heavy atom. The fourth-order valence-corrected chi connectivity index (χ4v) is 5.21. The van der Waals surface area contributed by atoms with E-state index >= 15 is 0 Å². The van der Waals surface area contributed by atoms with Crippen molar-refractivity contribution in [2.75, 3.05) is 31.1 Å². The van der Waals surface area contributed by atoms with E-state index in [1.807, 2.05) is 34.5 Å². The zero-order valence-electron chi connectivity index (χ0n) is 14.6. The van der Waals surface area contributed by atoms with Crippen LogP contribution in [0.5, 0.6) is 0 Å². The van der Waals surface area contributed by atoms with Gasteiger partial charge < -0.3 is 4.90 Å². The molecule has 2 aromatic heterocycles. The largest absolute Gasteiger partial charge is 0.352 e. The predicted molar refractivity (Wildman–Crippen MR) is 103 cm³/mol. The Bertz CT molecular complexity index is 1070. The van der Waals surface area contributed by atoms with Gasteiger partial charge in [-0.05, 0) is 41.8 Å². The minimum atomic E-state index is -4.10. The van der Waals surface area contributed by atoms with E-state index in [4.69, 9.17) is 0 Å². The normalized spacial score (nSPS) is 15.7. The SMILES string of the molecule is O=S(=O)(c1cc(F)ccc1F)N1CCN(c2ccc(-c3cccs3)nn2)CC1. The molecule has 0 atom stereocenters. The lowest BCUT2D eigenvalue weighted by molar-refractivity contribution is 0.380. The highest BCUT2D eigenvalue weighted by Gasteiger charge is 2.31. The molecule has 0 radical (unpaired) electrons. The van der Waals surface area contributed by atoms with Gasteiger partial charge in [0, 0.05) is 26.2 Å². The van der Waals surface area contributed by atoms with Crippen molar-refractivity contribution in [2.24, 2.45) is 0 Å². The molecular formula is C18H16F2N4O2S2. The molecule has 10 heteroatoms. The lowest BCUT2D eigenvalue weighted by atomic mass is 10.3. The van der Waals surface area contributed by atoms with Gasteiger partial charge in [0.25, 0.3) is 0 Å². The third kappa shape index (κ3) is 3.62. The number of anilines is 1. The van der Waals surface area contributed by atoms with E-state index in [0.29, 0.717) is 25.0 Å². The van der Waals surface area contributed by atoms with Gasteiger partial charge in [0.05, 0.1) is 4.88 Å². The highest BCUT2D eigenvalue weighted by molar-refractivity contribution is 7.89. The zero-order valence-corrected chi connectivity index (χ0v) is 16.3. The first-order valence-corrected chi connectivity index (χ1v) is 10.8. The Morgan fingerprint density at radius 2 is 1.75 bits per heavy atom. The van der Waals surface area contributed by atoms with Crippen LogP contribution < -0.4 is 4.90 Å². The van der Waals surface area contributed by atoms with E-state index in [1.54, 1.807) is 11.3 Å². The average molecular weight is 422 g/mol. The van der Waals surface area contributed by atoms with E-state index in [-0.39, 0.29) is 13.1 Å². The molecule has 0 spiro atoms. The molecule has 0 amide bonds. The fraction of sp³-hybridized carbons (Fsp3) is 0.222. The van der Waals surface area contributed by atoms with Crippen molar-refractivity contribution >= 4 is 27.2 Å². The van der Waals surface area contributed by atoms with Gasteiger partial charge in [-0.15, -0.1) is 21.5 Å². The number of hydrogen-bond donors (Lipinski definition) is 0. The third-order valence-electron chi connectivity index (χ3n) is 4.50. The number of thiophene rings is 1. The maximum Gasteiger partial charge on any atom is 0.246 e. The fourth-order valence-electron chi connectivity index (χ4n) is 3.02. The van der Waals surface area contributed by atoms with E-state index in [0.717, 1.165) is 27.0 Å². The lowest BCUT2D eigenvalue weighted by Gasteiger charge is -2.34. The van der Waals surface area contributed by atoms with Crippen LogP contribution in [0.4, 0.5) is 14.6 Å². The summed E-state index contributed by atoms with van der Waals surface area (Å²) >= 11 is 1.57. The topological polar surface area (TPSA) is 66.4 Å². The van der Waals surface area contributed by atoms with Crippen LogP contribution in [0.15, 0.2) is 52.7 Å². The first kappa shape index (κ1) is 18.9. The number of aromatic nitrogens is 2. The lowest BCUT2D eigenvalue weighted by Crippen LogP contribution is -2.49. The molecule has 3 heterocycles. The van der Waals surface area contributed by atoms with Gasteiger partial charge in [0.2, 0.25) is 10.0 Å². The van der Waals surface area contributed by atoms with Crippen LogP contribution >= 0.6 is 11.3 Å². The number of sulfonamides is 1. The molecular weight excluding hydrogens is 406 g/mol. The van der Waals surface area contributed by atoms with Crippen LogP contribution in [-0.2, 0) is 10.0 Å². The molecule has 28 heavy (non-hydrogen) atoms. The third-order valence-corrected chi connectivity index (χ3v) is 7.30. The van der Waals surface area contributed by atoms with Crippen molar-refractivity contribution < 1.29 is 17.2 Å². The second kappa shape index (κ2) is 7.53. The summed E-state index contributed by atoms with van der Waals surface area (Å²) in [5.41, 5.74) is 0.779. The molecule has 0 N–H and O–H groups in total. The molecule has 146 valence electrons. The van der Waals surface area contributed by atoms with E-state index < -0.39 is 26.6 Å². The summed E-state index contributed by atoms with van der Waals surface area (Å²) in [4.78, 5) is 2.30. The van der Waals surface area contributed by atoms with Gasteiger partial charge in [-0.25, -0.2) is 17.2 Å². The zero-order chi connectivity index (χ0) is 19.7. The molecule has 4 rings (SSSR count). The van der Waals surface area contributed by atoms with Crippen molar-refractivity contribution in [3.63, 3.8) is 0 Å². The standard InChI is InChI=1S/C18H16F2N4O2S2/c19-13-3-4-14(20)17(12-13)28(25,26)24-9-7-23(8-10-24)18-6-5-15(21-22-18)16-2-1-11-27-16/h1-6,11-12H,7-10H2.